The first-order valence-corrected chi connectivity index (χ1v) is 5.92. The van der Waals surface area contributed by atoms with Crippen molar-refractivity contribution in [1.82, 2.24) is 9.97 Å². The fourth-order valence-corrected chi connectivity index (χ4v) is 2.14. The summed E-state index contributed by atoms with van der Waals surface area (Å²) in [5.74, 6) is -0.124. The van der Waals surface area contributed by atoms with Gasteiger partial charge >= 0.3 is 5.69 Å². The van der Waals surface area contributed by atoms with E-state index in [0.29, 0.717) is 6.42 Å². The molecule has 0 aromatic carbocycles. The van der Waals surface area contributed by atoms with Gasteiger partial charge in [-0.05, 0) is 6.42 Å². The Hall–Kier alpha value is -1.93. The molecule has 0 fully saturated rings. The van der Waals surface area contributed by atoms with Crippen molar-refractivity contribution in [2.75, 3.05) is 17.7 Å². The number of halogens is 1. The Morgan fingerprint density at radius 1 is 1.58 bits per heavy atom. The van der Waals surface area contributed by atoms with Crippen molar-refractivity contribution in [3.8, 4) is 0 Å². The molecule has 1 aromatic heterocycles. The van der Waals surface area contributed by atoms with E-state index in [9.17, 15) is 10.1 Å². The second kappa shape index (κ2) is 5.37. The number of nitrogens with two attached hydrogens (primary N) is 1. The van der Waals surface area contributed by atoms with Crippen LogP contribution in [-0.2, 0) is 0 Å². The molecule has 0 saturated heterocycles. The van der Waals surface area contributed by atoms with E-state index >= 15 is 0 Å². The summed E-state index contributed by atoms with van der Waals surface area (Å²) in [6, 6.07) is -0.166. The first-order chi connectivity index (χ1) is 9.01. The lowest BCUT2D eigenvalue weighted by molar-refractivity contribution is -0.384. The highest BCUT2D eigenvalue weighted by molar-refractivity contribution is 6.32. The molecule has 1 aliphatic carbocycles. The average Bonchev–Trinajstić information content (AvgIpc) is 2.75. The zero-order chi connectivity index (χ0) is 14.0. The Morgan fingerprint density at radius 3 is 2.89 bits per heavy atom. The highest BCUT2D eigenvalue weighted by Crippen LogP contribution is 2.32. The minimum absolute atomic E-state index is 0.0178. The van der Waals surface area contributed by atoms with E-state index in [-0.39, 0.29) is 35.5 Å². The van der Waals surface area contributed by atoms with Gasteiger partial charge in [0, 0.05) is 18.6 Å². The van der Waals surface area contributed by atoms with Crippen LogP contribution in [0.1, 0.15) is 6.42 Å². The van der Waals surface area contributed by atoms with Gasteiger partial charge in [-0.15, -0.1) is 0 Å². The molecular weight excluding hydrogens is 274 g/mol. The minimum Gasteiger partial charge on any atom is -0.396 e. The van der Waals surface area contributed by atoms with Gasteiger partial charge in [0.05, 0.1) is 4.92 Å². The minimum atomic E-state index is -0.660. The zero-order valence-electron chi connectivity index (χ0n) is 9.78. The number of nitrogens with one attached hydrogen (secondary N) is 1. The molecule has 2 rings (SSSR count). The summed E-state index contributed by atoms with van der Waals surface area (Å²) in [6.07, 6.45) is 4.28. The third-order valence-corrected chi connectivity index (χ3v) is 3.03. The molecule has 0 aliphatic heterocycles. The van der Waals surface area contributed by atoms with Crippen molar-refractivity contribution in [2.45, 2.75) is 12.5 Å². The number of nitrogen functional groups attached to an aromatic ring is 1. The van der Waals surface area contributed by atoms with Crippen molar-refractivity contribution in [1.29, 1.82) is 0 Å². The van der Waals surface area contributed by atoms with Crippen molar-refractivity contribution < 1.29 is 10.0 Å². The standard InChI is InChI=1S/C10H12ClN5O3/c11-8-7(16(18)19)9(15-10(12)14-8)13-6-2-1-5(3-6)4-17/h1-2,5-6,17H,3-4H2,(H3,12,13,14,15)/t5-,6+/m0/s1. The molecule has 0 unspecified atom stereocenters. The lowest BCUT2D eigenvalue weighted by Crippen LogP contribution is -2.19. The summed E-state index contributed by atoms with van der Waals surface area (Å²) in [7, 11) is 0. The molecule has 0 radical (unpaired) electrons. The van der Waals surface area contributed by atoms with Gasteiger partial charge in [0.25, 0.3) is 0 Å². The largest absolute Gasteiger partial charge is 0.396 e. The number of nitro groups is 1. The number of aromatic nitrogens is 2. The number of rotatable bonds is 4. The summed E-state index contributed by atoms with van der Waals surface area (Å²) in [5.41, 5.74) is 5.02. The van der Waals surface area contributed by atoms with Gasteiger partial charge in [0.1, 0.15) is 0 Å². The molecule has 0 amide bonds. The number of hydrogen-bond donors (Lipinski definition) is 3. The topological polar surface area (TPSA) is 127 Å². The number of hydrogen-bond acceptors (Lipinski definition) is 7. The summed E-state index contributed by atoms with van der Waals surface area (Å²) in [4.78, 5) is 17.6. The predicted molar refractivity (Wildman–Crippen MR) is 69.9 cm³/mol. The molecule has 102 valence electrons. The maximum Gasteiger partial charge on any atom is 0.348 e. The van der Waals surface area contributed by atoms with Crippen molar-refractivity contribution >= 4 is 29.1 Å². The van der Waals surface area contributed by atoms with Gasteiger partial charge < -0.3 is 16.2 Å². The van der Waals surface area contributed by atoms with Gasteiger partial charge in [-0.1, -0.05) is 23.8 Å². The monoisotopic (exact) mass is 285 g/mol. The lowest BCUT2D eigenvalue weighted by Gasteiger charge is -2.13. The van der Waals surface area contributed by atoms with E-state index in [1.165, 1.54) is 0 Å². The van der Waals surface area contributed by atoms with E-state index in [1.54, 1.807) is 0 Å². The Labute approximate surface area is 113 Å². The summed E-state index contributed by atoms with van der Waals surface area (Å²) >= 11 is 5.70. The smallest absolute Gasteiger partial charge is 0.348 e. The maximum atomic E-state index is 11.0. The Morgan fingerprint density at radius 2 is 2.32 bits per heavy atom. The van der Waals surface area contributed by atoms with Crippen LogP contribution >= 0.6 is 11.6 Å². The van der Waals surface area contributed by atoms with Crippen LogP contribution in [-0.4, -0.2) is 32.6 Å². The van der Waals surface area contributed by atoms with Gasteiger partial charge in [0.15, 0.2) is 0 Å². The van der Waals surface area contributed by atoms with E-state index in [2.05, 4.69) is 15.3 Å². The van der Waals surface area contributed by atoms with E-state index < -0.39 is 10.6 Å². The molecule has 0 saturated carbocycles. The van der Waals surface area contributed by atoms with Crippen molar-refractivity contribution in [3.63, 3.8) is 0 Å². The number of aliphatic hydroxyl groups excluding tert-OH is 1. The molecule has 8 nitrogen and oxygen atoms in total. The van der Waals surface area contributed by atoms with Gasteiger partial charge in [-0.25, -0.2) is 0 Å². The molecule has 1 heterocycles. The second-order valence-electron chi connectivity index (χ2n) is 4.14. The van der Waals surface area contributed by atoms with Crippen molar-refractivity contribution in [2.24, 2.45) is 5.92 Å². The quantitative estimate of drug-likeness (QED) is 0.325. The first kappa shape index (κ1) is 13.5. The Balaban J connectivity index is 2.25. The molecule has 4 N–H and O–H groups in total. The molecular formula is C10H12ClN5O3. The van der Waals surface area contributed by atoms with E-state index in [0.717, 1.165) is 0 Å². The molecule has 19 heavy (non-hydrogen) atoms. The number of anilines is 2. The summed E-state index contributed by atoms with van der Waals surface area (Å²) in [5, 5.41) is 22.6. The third-order valence-electron chi connectivity index (χ3n) is 2.77. The van der Waals surface area contributed by atoms with Crippen LogP contribution in [0.3, 0.4) is 0 Å². The molecule has 0 bridgehead atoms. The second-order valence-corrected chi connectivity index (χ2v) is 4.50. The Kier molecular flexibility index (Phi) is 3.82. The van der Waals surface area contributed by atoms with Gasteiger partial charge in [0.2, 0.25) is 16.9 Å². The highest BCUT2D eigenvalue weighted by atomic mass is 35.5. The Bertz CT molecular complexity index is 536. The van der Waals surface area contributed by atoms with Gasteiger partial charge in [-0.3, -0.25) is 10.1 Å². The average molecular weight is 286 g/mol. The maximum absolute atomic E-state index is 11.0. The molecule has 9 heteroatoms. The summed E-state index contributed by atoms with van der Waals surface area (Å²) < 4.78 is 0. The fraction of sp³-hybridized carbons (Fsp3) is 0.400. The van der Waals surface area contributed by atoms with E-state index in [1.807, 2.05) is 12.2 Å². The summed E-state index contributed by atoms with van der Waals surface area (Å²) in [6.45, 7) is 0.0312. The van der Waals surface area contributed by atoms with Crippen LogP contribution in [0.15, 0.2) is 12.2 Å². The molecule has 2 atom stereocenters. The molecule has 1 aromatic rings. The number of aliphatic hydroxyl groups is 1. The number of nitrogens with zero attached hydrogens (tertiary/aromatic N) is 3. The van der Waals surface area contributed by atoms with Crippen LogP contribution in [0.4, 0.5) is 17.5 Å². The fourth-order valence-electron chi connectivity index (χ4n) is 1.90. The first-order valence-electron chi connectivity index (χ1n) is 5.54. The normalized spacial score (nSPS) is 21.6. The SMILES string of the molecule is Nc1nc(Cl)c([N+](=O)[O-])c(N[C@@H]2C=C[C@H](CO)C2)n1. The molecule has 1 aliphatic rings. The van der Waals surface area contributed by atoms with Gasteiger partial charge in [-0.2, -0.15) is 9.97 Å². The molecule has 0 spiro atoms. The third kappa shape index (κ3) is 2.91. The van der Waals surface area contributed by atoms with Crippen LogP contribution in [0, 0.1) is 16.0 Å². The highest BCUT2D eigenvalue weighted by Gasteiger charge is 2.26. The van der Waals surface area contributed by atoms with Crippen LogP contribution in [0.5, 0.6) is 0 Å². The van der Waals surface area contributed by atoms with Crippen LogP contribution in [0.2, 0.25) is 5.15 Å². The van der Waals surface area contributed by atoms with E-state index in [4.69, 9.17) is 22.4 Å². The zero-order valence-corrected chi connectivity index (χ0v) is 10.5. The van der Waals surface area contributed by atoms with Crippen LogP contribution in [0.25, 0.3) is 0 Å². The van der Waals surface area contributed by atoms with Crippen LogP contribution < -0.4 is 11.1 Å². The lowest BCUT2D eigenvalue weighted by atomic mass is 10.1. The van der Waals surface area contributed by atoms with Crippen molar-refractivity contribution in [3.05, 3.63) is 27.4 Å². The predicted octanol–water partition coefficient (Wildman–Crippen LogP) is 0.969.